The minimum atomic E-state index is 0.319. The number of nitrogens with one attached hydrogen (secondary N) is 1. The van der Waals surface area contributed by atoms with Crippen molar-refractivity contribution in [3.63, 3.8) is 0 Å². The molecular weight excluding hydrogens is 298 g/mol. The monoisotopic (exact) mass is 317 g/mol. The van der Waals surface area contributed by atoms with Crippen LogP contribution in [0, 0.1) is 5.41 Å². The molecule has 0 aliphatic rings. The lowest BCUT2D eigenvalue weighted by molar-refractivity contribution is 0.338. The maximum Gasteiger partial charge on any atom is 0.0595 e. The molecule has 17 heavy (non-hydrogen) atoms. The highest BCUT2D eigenvalue weighted by Gasteiger charge is 2.18. The lowest BCUT2D eigenvalue weighted by Gasteiger charge is -2.24. The summed E-state index contributed by atoms with van der Waals surface area (Å²) in [5, 5.41) is 4.17. The van der Waals surface area contributed by atoms with Gasteiger partial charge in [0, 0.05) is 10.5 Å². The quantitative estimate of drug-likeness (QED) is 0.805. The minimum absolute atomic E-state index is 0.319. The molecule has 1 N–H and O–H groups in total. The Labute approximate surface area is 118 Å². The molecule has 1 rings (SSSR count). The molecule has 96 valence electrons. The highest BCUT2D eigenvalue weighted by Crippen LogP contribution is 2.34. The maximum absolute atomic E-state index is 6.33. The van der Waals surface area contributed by atoms with Crippen LogP contribution in [-0.4, -0.2) is 7.05 Å². The Bertz CT molecular complexity index is 371. The topological polar surface area (TPSA) is 12.0 Å². The van der Waals surface area contributed by atoms with E-state index >= 15 is 0 Å². The van der Waals surface area contributed by atoms with Gasteiger partial charge in [0.1, 0.15) is 0 Å². The summed E-state index contributed by atoms with van der Waals surface area (Å²) in [6.07, 6.45) is 2.26. The zero-order chi connectivity index (χ0) is 13.1. The van der Waals surface area contributed by atoms with Crippen molar-refractivity contribution in [2.24, 2.45) is 5.41 Å². The van der Waals surface area contributed by atoms with Gasteiger partial charge in [0.2, 0.25) is 0 Å². The van der Waals surface area contributed by atoms with E-state index in [1.807, 2.05) is 19.2 Å². The number of hydrogen-bond donors (Lipinski definition) is 1. The molecule has 0 bridgehead atoms. The van der Waals surface area contributed by atoms with Crippen molar-refractivity contribution < 1.29 is 0 Å². The third-order valence-electron chi connectivity index (χ3n) is 2.89. The first-order chi connectivity index (χ1) is 7.85. The number of rotatable bonds is 4. The van der Waals surface area contributed by atoms with Gasteiger partial charge in [-0.1, -0.05) is 44.5 Å². The molecule has 0 aromatic heterocycles. The molecule has 0 radical (unpaired) electrons. The summed E-state index contributed by atoms with van der Waals surface area (Å²) in [6, 6.07) is 6.42. The van der Waals surface area contributed by atoms with Gasteiger partial charge in [0.05, 0.1) is 5.02 Å². The molecule has 0 spiro atoms. The van der Waals surface area contributed by atoms with E-state index < -0.39 is 0 Å². The van der Waals surface area contributed by atoms with Crippen LogP contribution in [0.25, 0.3) is 0 Å². The Morgan fingerprint density at radius 1 is 1.35 bits per heavy atom. The highest BCUT2D eigenvalue weighted by atomic mass is 79.9. The van der Waals surface area contributed by atoms with Crippen LogP contribution >= 0.6 is 27.5 Å². The second kappa shape index (κ2) is 6.21. The molecule has 1 unspecified atom stereocenters. The molecule has 1 aromatic rings. The SMILES string of the molecule is CNC(CCC(C)(C)C)c1cccc(Br)c1Cl. The summed E-state index contributed by atoms with van der Waals surface area (Å²) >= 11 is 9.80. The highest BCUT2D eigenvalue weighted by molar-refractivity contribution is 9.10. The van der Waals surface area contributed by atoms with Crippen molar-refractivity contribution in [3.8, 4) is 0 Å². The van der Waals surface area contributed by atoms with E-state index in [2.05, 4.69) is 48.1 Å². The van der Waals surface area contributed by atoms with E-state index in [1.54, 1.807) is 0 Å². The molecule has 1 nitrogen and oxygen atoms in total. The van der Waals surface area contributed by atoms with E-state index in [0.717, 1.165) is 15.9 Å². The summed E-state index contributed by atoms with van der Waals surface area (Å²) in [7, 11) is 1.99. The van der Waals surface area contributed by atoms with E-state index in [4.69, 9.17) is 11.6 Å². The Kier molecular flexibility index (Phi) is 5.49. The van der Waals surface area contributed by atoms with Crippen molar-refractivity contribution in [3.05, 3.63) is 33.3 Å². The predicted molar refractivity (Wildman–Crippen MR) is 79.6 cm³/mol. The number of halogens is 2. The molecule has 0 fully saturated rings. The van der Waals surface area contributed by atoms with Crippen LogP contribution in [0.5, 0.6) is 0 Å². The van der Waals surface area contributed by atoms with E-state index in [0.29, 0.717) is 11.5 Å². The van der Waals surface area contributed by atoms with Crippen LogP contribution in [0.1, 0.15) is 45.2 Å². The Morgan fingerprint density at radius 3 is 2.53 bits per heavy atom. The summed E-state index contributed by atoms with van der Waals surface area (Å²) in [4.78, 5) is 0. The third-order valence-corrected chi connectivity index (χ3v) is 4.20. The second-order valence-corrected chi connectivity index (χ2v) is 6.82. The third kappa shape index (κ3) is 4.61. The first kappa shape index (κ1) is 15.0. The van der Waals surface area contributed by atoms with Gasteiger partial charge in [0.25, 0.3) is 0 Å². The fourth-order valence-electron chi connectivity index (χ4n) is 1.82. The van der Waals surface area contributed by atoms with Gasteiger partial charge < -0.3 is 5.32 Å². The second-order valence-electron chi connectivity index (χ2n) is 5.58. The normalized spacial score (nSPS) is 13.8. The van der Waals surface area contributed by atoms with Gasteiger partial charge in [-0.2, -0.15) is 0 Å². The average Bonchev–Trinajstić information content (AvgIpc) is 2.23. The van der Waals surface area contributed by atoms with Gasteiger partial charge in [-0.3, -0.25) is 0 Å². The van der Waals surface area contributed by atoms with E-state index in [1.165, 1.54) is 12.0 Å². The lowest BCUT2D eigenvalue weighted by Crippen LogP contribution is -2.19. The van der Waals surface area contributed by atoms with Gasteiger partial charge in [-0.25, -0.2) is 0 Å². The molecule has 0 heterocycles. The van der Waals surface area contributed by atoms with Crippen molar-refractivity contribution in [1.82, 2.24) is 5.32 Å². The largest absolute Gasteiger partial charge is 0.313 e. The van der Waals surface area contributed by atoms with Crippen molar-refractivity contribution in [2.45, 2.75) is 39.7 Å². The molecule has 3 heteroatoms. The minimum Gasteiger partial charge on any atom is -0.313 e. The Morgan fingerprint density at radius 2 is 2.00 bits per heavy atom. The molecule has 0 aliphatic heterocycles. The maximum atomic E-state index is 6.33. The van der Waals surface area contributed by atoms with Crippen LogP contribution in [0.4, 0.5) is 0 Å². The Balaban J connectivity index is 2.83. The summed E-state index contributed by atoms with van der Waals surface area (Å²) in [5.41, 5.74) is 1.53. The first-order valence-corrected chi connectivity index (χ1v) is 7.13. The standard InChI is InChI=1S/C14H21BrClN/c1-14(2,3)9-8-12(17-4)10-6-5-7-11(15)13(10)16/h5-7,12,17H,8-9H2,1-4H3. The van der Waals surface area contributed by atoms with Crippen LogP contribution < -0.4 is 5.32 Å². The van der Waals surface area contributed by atoms with Crippen molar-refractivity contribution in [2.75, 3.05) is 7.05 Å². The molecule has 0 amide bonds. The zero-order valence-electron chi connectivity index (χ0n) is 11.0. The number of hydrogen-bond acceptors (Lipinski definition) is 1. The van der Waals surface area contributed by atoms with E-state index in [9.17, 15) is 0 Å². The van der Waals surface area contributed by atoms with Gasteiger partial charge in [-0.15, -0.1) is 0 Å². The summed E-state index contributed by atoms with van der Waals surface area (Å²) in [6.45, 7) is 6.80. The zero-order valence-corrected chi connectivity index (χ0v) is 13.3. The van der Waals surface area contributed by atoms with Crippen LogP contribution in [0.2, 0.25) is 5.02 Å². The Hall–Kier alpha value is -0.0500. The fraction of sp³-hybridized carbons (Fsp3) is 0.571. The molecule has 0 aliphatic carbocycles. The summed E-state index contributed by atoms with van der Waals surface area (Å²) in [5.74, 6) is 0. The van der Waals surface area contributed by atoms with Gasteiger partial charge in [-0.05, 0) is 52.9 Å². The first-order valence-electron chi connectivity index (χ1n) is 5.96. The van der Waals surface area contributed by atoms with Gasteiger partial charge in [0.15, 0.2) is 0 Å². The molecule has 0 saturated carbocycles. The predicted octanol–water partition coefficient (Wildman–Crippen LogP) is 5.19. The van der Waals surface area contributed by atoms with Crippen molar-refractivity contribution in [1.29, 1.82) is 0 Å². The smallest absolute Gasteiger partial charge is 0.0595 e. The molecule has 1 aromatic carbocycles. The molecule has 1 atom stereocenters. The fourth-order valence-corrected chi connectivity index (χ4v) is 2.46. The lowest BCUT2D eigenvalue weighted by atomic mass is 9.87. The van der Waals surface area contributed by atoms with E-state index in [-0.39, 0.29) is 0 Å². The molecular formula is C14H21BrClN. The van der Waals surface area contributed by atoms with Gasteiger partial charge >= 0.3 is 0 Å². The van der Waals surface area contributed by atoms with Crippen LogP contribution in [-0.2, 0) is 0 Å². The van der Waals surface area contributed by atoms with Crippen LogP contribution in [0.15, 0.2) is 22.7 Å². The number of benzene rings is 1. The van der Waals surface area contributed by atoms with Crippen molar-refractivity contribution >= 4 is 27.5 Å². The summed E-state index contributed by atoms with van der Waals surface area (Å²) < 4.78 is 0.965. The molecule has 0 saturated heterocycles. The van der Waals surface area contributed by atoms with Crippen LogP contribution in [0.3, 0.4) is 0 Å². The average molecular weight is 319 g/mol.